The number of tetrazole rings is 1. The van der Waals surface area contributed by atoms with E-state index in [2.05, 4.69) is 30.5 Å². The van der Waals surface area contributed by atoms with E-state index in [1.807, 2.05) is 5.38 Å². The lowest BCUT2D eigenvalue weighted by Crippen LogP contribution is -2.49. The Morgan fingerprint density at radius 1 is 1.40 bits per heavy atom. The number of hydrogen-bond donors (Lipinski definition) is 2. The monoisotopic (exact) mass is 295 g/mol. The van der Waals surface area contributed by atoms with Crippen LogP contribution in [0.3, 0.4) is 0 Å². The van der Waals surface area contributed by atoms with Gasteiger partial charge in [0.15, 0.2) is 5.82 Å². The fourth-order valence-corrected chi connectivity index (χ4v) is 3.04. The molecule has 2 aromatic heterocycles. The Balaban J connectivity index is 1.80. The van der Waals surface area contributed by atoms with Gasteiger partial charge in [-0.05, 0) is 10.4 Å². The van der Waals surface area contributed by atoms with Crippen LogP contribution in [0.4, 0.5) is 4.79 Å². The minimum Gasteiger partial charge on any atom is -0.465 e. The minimum atomic E-state index is -0.878. The first kappa shape index (κ1) is 12.9. The molecule has 3 heterocycles. The highest BCUT2D eigenvalue weighted by molar-refractivity contribution is 7.09. The Morgan fingerprint density at radius 3 is 2.75 bits per heavy atom. The lowest BCUT2D eigenvalue weighted by atomic mass is 10.2. The highest BCUT2D eigenvalue weighted by Crippen LogP contribution is 2.28. The summed E-state index contributed by atoms with van der Waals surface area (Å²) in [5.74, 6) is 0.628. The molecule has 9 nitrogen and oxygen atoms in total. The van der Waals surface area contributed by atoms with Gasteiger partial charge < -0.3 is 10.0 Å². The second kappa shape index (κ2) is 5.51. The molecule has 2 aromatic rings. The van der Waals surface area contributed by atoms with E-state index in [9.17, 15) is 4.79 Å². The Labute approximate surface area is 118 Å². The predicted octanol–water partition coefficient (Wildman–Crippen LogP) is 0.0412. The Kier molecular flexibility index (Phi) is 3.56. The van der Waals surface area contributed by atoms with Crippen molar-refractivity contribution in [2.45, 2.75) is 6.04 Å². The van der Waals surface area contributed by atoms with Gasteiger partial charge in [-0.25, -0.2) is 14.9 Å². The van der Waals surface area contributed by atoms with Crippen LogP contribution in [0.25, 0.3) is 0 Å². The number of rotatable bonds is 3. The van der Waals surface area contributed by atoms with E-state index in [0.29, 0.717) is 32.0 Å². The van der Waals surface area contributed by atoms with Crippen LogP contribution in [0.15, 0.2) is 11.6 Å². The quantitative estimate of drug-likeness (QED) is 0.822. The number of hydrogen-bond acceptors (Lipinski definition) is 7. The van der Waals surface area contributed by atoms with E-state index in [1.165, 1.54) is 16.2 Å². The van der Waals surface area contributed by atoms with Gasteiger partial charge in [-0.15, -0.1) is 16.4 Å². The van der Waals surface area contributed by atoms with Gasteiger partial charge in [0.2, 0.25) is 0 Å². The van der Waals surface area contributed by atoms with Gasteiger partial charge in [0.25, 0.3) is 0 Å². The van der Waals surface area contributed by atoms with Gasteiger partial charge in [-0.3, -0.25) is 4.90 Å². The van der Waals surface area contributed by atoms with Crippen molar-refractivity contribution in [3.05, 3.63) is 22.4 Å². The number of H-pyrrole nitrogens is 1. The fourth-order valence-electron chi connectivity index (χ4n) is 2.27. The van der Waals surface area contributed by atoms with Gasteiger partial charge in [-0.1, -0.05) is 0 Å². The molecule has 20 heavy (non-hydrogen) atoms. The number of carbonyl (C=O) groups is 1. The van der Waals surface area contributed by atoms with E-state index in [1.54, 1.807) is 6.20 Å². The zero-order valence-corrected chi connectivity index (χ0v) is 11.3. The largest absolute Gasteiger partial charge is 0.465 e. The van der Waals surface area contributed by atoms with Gasteiger partial charge in [-0.2, -0.15) is 0 Å². The van der Waals surface area contributed by atoms with Crippen LogP contribution in [-0.4, -0.2) is 72.8 Å². The molecule has 3 rings (SSSR count). The maximum atomic E-state index is 10.9. The average Bonchev–Trinajstić information content (AvgIpc) is 3.13. The summed E-state index contributed by atoms with van der Waals surface area (Å²) in [6.07, 6.45) is 0.862. The number of nitrogens with one attached hydrogen (secondary N) is 1. The Morgan fingerprint density at radius 2 is 2.20 bits per heavy atom. The second-order valence-electron chi connectivity index (χ2n) is 4.36. The Bertz CT molecular complexity index is 516. The van der Waals surface area contributed by atoms with Crippen molar-refractivity contribution in [2.24, 2.45) is 0 Å². The van der Waals surface area contributed by atoms with Crippen molar-refractivity contribution in [1.29, 1.82) is 0 Å². The summed E-state index contributed by atoms with van der Waals surface area (Å²) in [6.45, 7) is 2.19. The maximum absolute atomic E-state index is 10.9. The van der Waals surface area contributed by atoms with Crippen LogP contribution >= 0.6 is 11.3 Å². The molecule has 1 aliphatic heterocycles. The molecule has 0 aromatic carbocycles. The molecule has 106 valence electrons. The molecule has 2 N–H and O–H groups in total. The van der Waals surface area contributed by atoms with E-state index in [-0.39, 0.29) is 6.04 Å². The summed E-state index contributed by atoms with van der Waals surface area (Å²) in [4.78, 5) is 18.8. The number of carboxylic acid groups (broad SMARTS) is 1. The minimum absolute atomic E-state index is 0.152. The molecule has 0 saturated carbocycles. The molecule has 1 aliphatic rings. The van der Waals surface area contributed by atoms with Gasteiger partial charge >= 0.3 is 6.09 Å². The third kappa shape index (κ3) is 2.47. The normalized spacial score (nSPS) is 18.1. The summed E-state index contributed by atoms with van der Waals surface area (Å²) in [6, 6.07) is -0.152. The van der Waals surface area contributed by atoms with E-state index >= 15 is 0 Å². The number of aromatic amines is 1. The zero-order valence-electron chi connectivity index (χ0n) is 10.5. The topological polar surface area (TPSA) is 111 Å². The molecule has 0 spiro atoms. The Hall–Kier alpha value is -2.07. The van der Waals surface area contributed by atoms with Crippen LogP contribution in [0.1, 0.15) is 16.9 Å². The van der Waals surface area contributed by atoms with Crippen molar-refractivity contribution >= 4 is 17.4 Å². The summed E-state index contributed by atoms with van der Waals surface area (Å²) in [5.41, 5.74) is 0. The van der Waals surface area contributed by atoms with Crippen molar-refractivity contribution < 1.29 is 9.90 Å². The average molecular weight is 295 g/mol. The summed E-state index contributed by atoms with van der Waals surface area (Å²) in [7, 11) is 0. The number of thiazole rings is 1. The maximum Gasteiger partial charge on any atom is 0.407 e. The van der Waals surface area contributed by atoms with E-state index < -0.39 is 6.09 Å². The van der Waals surface area contributed by atoms with Crippen LogP contribution in [0, 0.1) is 0 Å². The van der Waals surface area contributed by atoms with Crippen LogP contribution in [0.5, 0.6) is 0 Å². The third-order valence-corrected chi connectivity index (χ3v) is 4.08. The number of aromatic nitrogens is 5. The first-order valence-corrected chi connectivity index (χ1v) is 6.98. The first-order valence-electron chi connectivity index (χ1n) is 6.10. The lowest BCUT2D eigenvalue weighted by Gasteiger charge is -2.36. The summed E-state index contributed by atoms with van der Waals surface area (Å²) in [5, 5.41) is 25.8. The summed E-state index contributed by atoms with van der Waals surface area (Å²) >= 11 is 1.53. The standard InChI is InChI=1S/C10H13N7O2S/c18-10(19)17-4-2-16(3-5-17)7(8-12-14-15-13-8)9-11-1-6-20-9/h1,6-7H,2-5H2,(H,18,19)(H,12,13,14,15). The molecule has 10 heteroatoms. The van der Waals surface area contributed by atoms with Crippen molar-refractivity contribution in [2.75, 3.05) is 26.2 Å². The number of piperazine rings is 1. The number of amides is 1. The molecule has 1 unspecified atom stereocenters. The molecule has 1 atom stereocenters. The van der Waals surface area contributed by atoms with Crippen molar-refractivity contribution in [1.82, 2.24) is 35.4 Å². The lowest BCUT2D eigenvalue weighted by molar-refractivity contribution is 0.0915. The molecule has 0 radical (unpaired) electrons. The molecule has 0 bridgehead atoms. The van der Waals surface area contributed by atoms with Crippen molar-refractivity contribution in [3.8, 4) is 0 Å². The molecular weight excluding hydrogens is 282 g/mol. The highest BCUT2D eigenvalue weighted by atomic mass is 32.1. The van der Waals surface area contributed by atoms with Gasteiger partial charge in [0, 0.05) is 37.8 Å². The SMILES string of the molecule is O=C(O)N1CCN(C(c2nnn[nH]2)c2nccs2)CC1. The second-order valence-corrected chi connectivity index (χ2v) is 5.29. The van der Waals surface area contributed by atoms with Crippen LogP contribution in [0.2, 0.25) is 0 Å². The summed E-state index contributed by atoms with van der Waals surface area (Å²) < 4.78 is 0. The molecule has 0 aliphatic carbocycles. The zero-order chi connectivity index (χ0) is 13.9. The third-order valence-electron chi connectivity index (χ3n) is 3.26. The first-order chi connectivity index (χ1) is 9.75. The van der Waals surface area contributed by atoms with Crippen molar-refractivity contribution in [3.63, 3.8) is 0 Å². The molecular formula is C10H13N7O2S. The van der Waals surface area contributed by atoms with Crippen LogP contribution in [-0.2, 0) is 0 Å². The number of nitrogens with zero attached hydrogens (tertiary/aromatic N) is 6. The predicted molar refractivity (Wildman–Crippen MR) is 69.3 cm³/mol. The molecule has 1 saturated heterocycles. The molecule has 1 fully saturated rings. The van der Waals surface area contributed by atoms with E-state index in [4.69, 9.17) is 5.11 Å². The van der Waals surface area contributed by atoms with Gasteiger partial charge in [0.1, 0.15) is 11.0 Å². The fraction of sp³-hybridized carbons (Fsp3) is 0.500. The van der Waals surface area contributed by atoms with Crippen LogP contribution < -0.4 is 0 Å². The van der Waals surface area contributed by atoms with Gasteiger partial charge in [0.05, 0.1) is 0 Å². The smallest absolute Gasteiger partial charge is 0.407 e. The molecule has 1 amide bonds. The van der Waals surface area contributed by atoms with E-state index in [0.717, 1.165) is 5.01 Å². The highest BCUT2D eigenvalue weighted by Gasteiger charge is 2.31.